The van der Waals surface area contributed by atoms with Gasteiger partial charge in [0, 0.05) is 6.04 Å². The van der Waals surface area contributed by atoms with Gasteiger partial charge in [-0.05, 0) is 39.0 Å². The van der Waals surface area contributed by atoms with Crippen LogP contribution in [0.1, 0.15) is 31.1 Å². The quantitative estimate of drug-likeness (QED) is 0.810. The topological polar surface area (TPSA) is 76.1 Å². The summed E-state index contributed by atoms with van der Waals surface area (Å²) >= 11 is 0. The number of nitrogens with zero attached hydrogens (tertiary/aromatic N) is 1. The van der Waals surface area contributed by atoms with Crippen LogP contribution in [-0.2, 0) is 9.53 Å². The maximum Gasteiger partial charge on any atom is 0.325 e. The molecule has 0 aromatic heterocycles. The number of amides is 1. The van der Waals surface area contributed by atoms with E-state index in [1.807, 2.05) is 0 Å². The average molecular weight is 295 g/mol. The van der Waals surface area contributed by atoms with Crippen LogP contribution in [-0.4, -0.2) is 48.2 Å². The van der Waals surface area contributed by atoms with E-state index < -0.39 is 11.9 Å². The van der Waals surface area contributed by atoms with E-state index in [1.165, 1.54) is 24.1 Å². The van der Waals surface area contributed by atoms with Crippen LogP contribution in [0, 0.1) is 0 Å². The van der Waals surface area contributed by atoms with Gasteiger partial charge >= 0.3 is 5.97 Å². The molecule has 0 saturated carbocycles. The predicted octanol–water partition coefficient (Wildman–Crippen LogP) is 1.81. The van der Waals surface area contributed by atoms with Crippen molar-refractivity contribution in [2.75, 3.05) is 20.3 Å². The number of hydrogen-bond donors (Lipinski definition) is 1. The van der Waals surface area contributed by atoms with Crippen molar-refractivity contribution >= 4 is 11.9 Å². The van der Waals surface area contributed by atoms with Gasteiger partial charge in [-0.3, -0.25) is 9.59 Å². The number of benzene rings is 1. The van der Waals surface area contributed by atoms with E-state index in [0.29, 0.717) is 5.75 Å². The molecular formula is C15H21NO5. The third-order valence-electron chi connectivity index (χ3n) is 2.92. The van der Waals surface area contributed by atoms with Gasteiger partial charge in [-0.2, -0.15) is 0 Å². The van der Waals surface area contributed by atoms with Crippen molar-refractivity contribution < 1.29 is 24.2 Å². The lowest BCUT2D eigenvalue weighted by Gasteiger charge is -2.26. The lowest BCUT2D eigenvalue weighted by atomic mass is 10.1. The highest BCUT2D eigenvalue weighted by Gasteiger charge is 2.24. The number of ether oxygens (including phenoxy) is 2. The first kappa shape index (κ1) is 16.8. The third kappa shape index (κ3) is 4.37. The number of hydrogen-bond acceptors (Lipinski definition) is 5. The molecule has 0 aliphatic rings. The fourth-order valence-electron chi connectivity index (χ4n) is 1.80. The Hall–Kier alpha value is -2.24. The van der Waals surface area contributed by atoms with E-state index in [9.17, 15) is 14.7 Å². The molecule has 1 aromatic carbocycles. The average Bonchev–Trinajstić information content (AvgIpc) is 2.44. The Morgan fingerprint density at radius 1 is 1.33 bits per heavy atom. The largest absolute Gasteiger partial charge is 0.507 e. The van der Waals surface area contributed by atoms with E-state index in [1.54, 1.807) is 26.8 Å². The van der Waals surface area contributed by atoms with Crippen molar-refractivity contribution in [3.63, 3.8) is 0 Å². The van der Waals surface area contributed by atoms with Crippen molar-refractivity contribution in [3.8, 4) is 11.5 Å². The van der Waals surface area contributed by atoms with Crippen LogP contribution in [0.25, 0.3) is 0 Å². The van der Waals surface area contributed by atoms with Crippen LogP contribution in [0.4, 0.5) is 0 Å². The summed E-state index contributed by atoms with van der Waals surface area (Å²) in [7, 11) is 1.47. The first-order valence-electron chi connectivity index (χ1n) is 6.74. The predicted molar refractivity (Wildman–Crippen MR) is 77.5 cm³/mol. The Bertz CT molecular complexity index is 513. The number of carbonyl (C=O) groups excluding carboxylic acids is 2. The van der Waals surface area contributed by atoms with Crippen LogP contribution >= 0.6 is 0 Å². The first-order chi connectivity index (χ1) is 9.90. The van der Waals surface area contributed by atoms with Crippen LogP contribution in [0.2, 0.25) is 0 Å². The highest BCUT2D eigenvalue weighted by atomic mass is 16.5. The molecule has 0 atom stereocenters. The molecule has 1 aromatic rings. The second-order valence-electron chi connectivity index (χ2n) is 4.71. The molecule has 6 nitrogen and oxygen atoms in total. The maximum absolute atomic E-state index is 12.5. The zero-order valence-electron chi connectivity index (χ0n) is 12.8. The minimum absolute atomic E-state index is 0.0901. The third-order valence-corrected chi connectivity index (χ3v) is 2.92. The van der Waals surface area contributed by atoms with Crippen LogP contribution in [0.3, 0.4) is 0 Å². The number of methoxy groups -OCH3 is 1. The molecule has 0 aliphatic heterocycles. The van der Waals surface area contributed by atoms with Gasteiger partial charge in [0.15, 0.2) is 0 Å². The van der Waals surface area contributed by atoms with Gasteiger partial charge in [-0.1, -0.05) is 0 Å². The van der Waals surface area contributed by atoms with E-state index in [4.69, 9.17) is 9.47 Å². The molecule has 21 heavy (non-hydrogen) atoms. The van der Waals surface area contributed by atoms with Crippen LogP contribution in [0.15, 0.2) is 18.2 Å². The number of rotatable bonds is 6. The second-order valence-corrected chi connectivity index (χ2v) is 4.71. The van der Waals surface area contributed by atoms with E-state index >= 15 is 0 Å². The van der Waals surface area contributed by atoms with Gasteiger partial charge in [-0.25, -0.2) is 0 Å². The smallest absolute Gasteiger partial charge is 0.325 e. The number of phenols is 1. The summed E-state index contributed by atoms with van der Waals surface area (Å²) in [5, 5.41) is 9.85. The van der Waals surface area contributed by atoms with E-state index in [0.717, 1.165) is 0 Å². The number of esters is 1. The molecule has 0 fully saturated rings. The highest BCUT2D eigenvalue weighted by molar-refractivity contribution is 5.98. The Morgan fingerprint density at radius 2 is 2.00 bits per heavy atom. The summed E-state index contributed by atoms with van der Waals surface area (Å²) in [6.07, 6.45) is 0. The lowest BCUT2D eigenvalue weighted by Crippen LogP contribution is -2.41. The van der Waals surface area contributed by atoms with Crippen molar-refractivity contribution in [2.24, 2.45) is 0 Å². The number of phenolic OH excluding ortho intramolecular Hbond substituents is 1. The second kappa shape index (κ2) is 7.52. The molecule has 0 aliphatic carbocycles. The van der Waals surface area contributed by atoms with Gasteiger partial charge in [0.1, 0.15) is 18.0 Å². The first-order valence-corrected chi connectivity index (χ1v) is 6.74. The molecule has 1 rings (SSSR count). The molecule has 116 valence electrons. The fraction of sp³-hybridized carbons (Fsp3) is 0.467. The minimum atomic E-state index is -0.484. The van der Waals surface area contributed by atoms with Gasteiger partial charge in [0.05, 0.1) is 19.3 Å². The molecule has 0 saturated heterocycles. The van der Waals surface area contributed by atoms with E-state index in [2.05, 4.69) is 0 Å². The van der Waals surface area contributed by atoms with Crippen molar-refractivity contribution in [1.82, 2.24) is 4.90 Å². The SMILES string of the molecule is CCOC(=O)CN(C(=O)c1cc(OC)ccc1O)C(C)C. The number of aromatic hydroxyl groups is 1. The standard InChI is InChI=1S/C15H21NO5/c1-5-21-14(18)9-16(10(2)3)15(19)12-8-11(20-4)6-7-13(12)17/h6-8,10,17H,5,9H2,1-4H3. The Morgan fingerprint density at radius 3 is 2.52 bits per heavy atom. The summed E-state index contributed by atoms with van der Waals surface area (Å²) in [6, 6.07) is 4.16. The van der Waals surface area contributed by atoms with Crippen LogP contribution in [0.5, 0.6) is 11.5 Å². The normalized spacial score (nSPS) is 10.3. The van der Waals surface area contributed by atoms with Crippen molar-refractivity contribution in [3.05, 3.63) is 23.8 Å². The molecule has 6 heteroatoms. The molecule has 0 unspecified atom stereocenters. The zero-order valence-corrected chi connectivity index (χ0v) is 12.8. The van der Waals surface area contributed by atoms with E-state index in [-0.39, 0.29) is 30.5 Å². The Balaban J connectivity index is 3.03. The highest BCUT2D eigenvalue weighted by Crippen LogP contribution is 2.24. The fourth-order valence-corrected chi connectivity index (χ4v) is 1.80. The maximum atomic E-state index is 12.5. The van der Waals surface area contributed by atoms with Gasteiger partial charge in [-0.15, -0.1) is 0 Å². The summed E-state index contributed by atoms with van der Waals surface area (Å²) in [5.41, 5.74) is 0.0901. The molecule has 0 radical (unpaired) electrons. The van der Waals surface area contributed by atoms with Crippen molar-refractivity contribution in [1.29, 1.82) is 0 Å². The van der Waals surface area contributed by atoms with Gasteiger partial charge in [0.2, 0.25) is 0 Å². The van der Waals surface area contributed by atoms with Gasteiger partial charge < -0.3 is 19.5 Å². The summed E-state index contributed by atoms with van der Waals surface area (Å²) in [4.78, 5) is 25.5. The van der Waals surface area contributed by atoms with Crippen LogP contribution < -0.4 is 4.74 Å². The molecule has 0 heterocycles. The zero-order chi connectivity index (χ0) is 16.0. The van der Waals surface area contributed by atoms with Crippen molar-refractivity contribution in [2.45, 2.75) is 26.8 Å². The number of carbonyl (C=O) groups is 2. The molecule has 0 spiro atoms. The Labute approximate surface area is 124 Å². The molecule has 1 N–H and O–H groups in total. The molecule has 0 bridgehead atoms. The lowest BCUT2D eigenvalue weighted by molar-refractivity contribution is -0.144. The summed E-state index contributed by atoms with van der Waals surface area (Å²) in [6.45, 7) is 5.36. The summed E-state index contributed by atoms with van der Waals surface area (Å²) in [5.74, 6) is -0.636. The summed E-state index contributed by atoms with van der Waals surface area (Å²) < 4.78 is 9.91. The Kier molecular flexibility index (Phi) is 6.02. The van der Waals surface area contributed by atoms with Gasteiger partial charge in [0.25, 0.3) is 5.91 Å². The molecule has 1 amide bonds. The minimum Gasteiger partial charge on any atom is -0.507 e. The monoisotopic (exact) mass is 295 g/mol. The molecular weight excluding hydrogens is 274 g/mol.